The zero-order valence-electron chi connectivity index (χ0n) is 10.1. The smallest absolute Gasteiger partial charge is 0.127 e. The Balaban J connectivity index is 1.86. The van der Waals surface area contributed by atoms with Crippen molar-refractivity contribution >= 4 is 15.9 Å². The van der Waals surface area contributed by atoms with Gasteiger partial charge in [-0.05, 0) is 31.0 Å². The van der Waals surface area contributed by atoms with Gasteiger partial charge in [-0.25, -0.2) is 0 Å². The number of halogens is 1. The number of hydrogen-bond donors (Lipinski definition) is 1. The maximum atomic E-state index is 5.60. The zero-order chi connectivity index (χ0) is 12.1. The molecule has 2 N–H and O–H groups in total. The Labute approximate surface area is 111 Å². The first-order chi connectivity index (χ1) is 8.29. The van der Waals surface area contributed by atoms with E-state index in [0.717, 1.165) is 29.9 Å². The molecule has 1 fully saturated rings. The second-order valence-electron chi connectivity index (χ2n) is 4.32. The van der Waals surface area contributed by atoms with Crippen molar-refractivity contribution in [2.75, 3.05) is 20.3 Å². The van der Waals surface area contributed by atoms with Crippen LogP contribution in [-0.2, 0) is 11.3 Å². The Morgan fingerprint density at radius 3 is 3.12 bits per heavy atom. The molecule has 0 unspecified atom stereocenters. The molecule has 1 aromatic carbocycles. The second kappa shape index (κ2) is 6.38. The Morgan fingerprint density at radius 1 is 1.53 bits per heavy atom. The highest BCUT2D eigenvalue weighted by Gasteiger charge is 2.17. The van der Waals surface area contributed by atoms with Gasteiger partial charge in [-0.1, -0.05) is 15.9 Å². The predicted octanol–water partition coefficient (Wildman–Crippen LogP) is 1.70. The molecular formula is C13H19BrNO2+. The van der Waals surface area contributed by atoms with Crippen molar-refractivity contribution < 1.29 is 14.8 Å². The molecule has 1 atom stereocenters. The van der Waals surface area contributed by atoms with Crippen molar-refractivity contribution in [3.05, 3.63) is 28.2 Å². The summed E-state index contributed by atoms with van der Waals surface area (Å²) in [4.78, 5) is 0. The molecule has 0 saturated carbocycles. The van der Waals surface area contributed by atoms with Gasteiger partial charge in [0.25, 0.3) is 0 Å². The first-order valence-corrected chi connectivity index (χ1v) is 6.84. The third-order valence-electron chi connectivity index (χ3n) is 3.06. The maximum absolute atomic E-state index is 5.60. The van der Waals surface area contributed by atoms with Crippen LogP contribution in [0.2, 0.25) is 0 Å². The fourth-order valence-electron chi connectivity index (χ4n) is 2.16. The average molecular weight is 301 g/mol. The molecule has 94 valence electrons. The number of ether oxygens (including phenoxy) is 2. The number of quaternary nitrogens is 1. The maximum Gasteiger partial charge on any atom is 0.127 e. The van der Waals surface area contributed by atoms with Crippen LogP contribution in [0.1, 0.15) is 18.4 Å². The van der Waals surface area contributed by atoms with Crippen molar-refractivity contribution in [3.63, 3.8) is 0 Å². The third-order valence-corrected chi connectivity index (χ3v) is 3.55. The van der Waals surface area contributed by atoms with Crippen molar-refractivity contribution in [1.29, 1.82) is 0 Å². The van der Waals surface area contributed by atoms with Gasteiger partial charge in [0, 0.05) is 16.6 Å². The molecule has 0 amide bonds. The quantitative estimate of drug-likeness (QED) is 0.898. The van der Waals surface area contributed by atoms with E-state index in [-0.39, 0.29) is 0 Å². The lowest BCUT2D eigenvalue weighted by Gasteiger charge is -2.10. The summed E-state index contributed by atoms with van der Waals surface area (Å²) in [7, 11) is 1.72. The lowest BCUT2D eigenvalue weighted by atomic mass is 10.2. The fourth-order valence-corrected chi connectivity index (χ4v) is 2.57. The van der Waals surface area contributed by atoms with Gasteiger partial charge in [0.2, 0.25) is 0 Å². The van der Waals surface area contributed by atoms with E-state index in [9.17, 15) is 0 Å². The largest absolute Gasteiger partial charge is 0.496 e. The summed E-state index contributed by atoms with van der Waals surface area (Å²) in [5.74, 6) is 0.955. The van der Waals surface area contributed by atoms with Crippen LogP contribution in [-0.4, -0.2) is 26.4 Å². The molecule has 1 saturated heterocycles. The Kier molecular flexibility index (Phi) is 4.83. The van der Waals surface area contributed by atoms with Crippen LogP contribution in [0.3, 0.4) is 0 Å². The molecule has 0 spiro atoms. The van der Waals surface area contributed by atoms with E-state index in [4.69, 9.17) is 9.47 Å². The van der Waals surface area contributed by atoms with E-state index >= 15 is 0 Å². The Hall–Kier alpha value is -0.580. The number of nitrogens with two attached hydrogens (primary N) is 1. The average Bonchev–Trinajstić information content (AvgIpc) is 2.82. The van der Waals surface area contributed by atoms with Gasteiger partial charge in [-0.15, -0.1) is 0 Å². The minimum atomic E-state index is 0.438. The van der Waals surface area contributed by atoms with E-state index in [1.807, 2.05) is 12.1 Å². The van der Waals surface area contributed by atoms with Crippen LogP contribution in [0.4, 0.5) is 0 Å². The fraction of sp³-hybridized carbons (Fsp3) is 0.538. The highest BCUT2D eigenvalue weighted by atomic mass is 79.9. The van der Waals surface area contributed by atoms with Gasteiger partial charge < -0.3 is 14.8 Å². The summed E-state index contributed by atoms with van der Waals surface area (Å²) in [6.07, 6.45) is 2.85. The molecular weight excluding hydrogens is 282 g/mol. The van der Waals surface area contributed by atoms with E-state index in [0.29, 0.717) is 6.10 Å². The summed E-state index contributed by atoms with van der Waals surface area (Å²) in [6.45, 7) is 2.90. The first-order valence-electron chi connectivity index (χ1n) is 6.05. The van der Waals surface area contributed by atoms with E-state index in [1.165, 1.54) is 18.4 Å². The van der Waals surface area contributed by atoms with Crippen molar-refractivity contribution in [2.45, 2.75) is 25.5 Å². The lowest BCUT2D eigenvalue weighted by Crippen LogP contribution is -2.84. The molecule has 1 aliphatic heterocycles. The van der Waals surface area contributed by atoms with Gasteiger partial charge in [0.05, 0.1) is 7.11 Å². The molecule has 1 aromatic rings. The molecule has 4 heteroatoms. The van der Waals surface area contributed by atoms with Crippen molar-refractivity contribution in [3.8, 4) is 5.75 Å². The van der Waals surface area contributed by atoms with Crippen LogP contribution in [0, 0.1) is 0 Å². The monoisotopic (exact) mass is 300 g/mol. The highest BCUT2D eigenvalue weighted by molar-refractivity contribution is 9.10. The van der Waals surface area contributed by atoms with Crippen LogP contribution >= 0.6 is 15.9 Å². The first kappa shape index (κ1) is 12.9. The standard InChI is InChI=1S/C13H18BrNO2/c1-16-13-5-4-11(14)7-10(13)8-15-9-12-3-2-6-17-12/h4-5,7,12,15H,2-3,6,8-9H2,1H3/p+1/t12-/m1/s1. The molecule has 17 heavy (non-hydrogen) atoms. The molecule has 1 aliphatic rings. The highest BCUT2D eigenvalue weighted by Crippen LogP contribution is 2.21. The second-order valence-corrected chi connectivity index (χ2v) is 5.24. The van der Waals surface area contributed by atoms with Crippen LogP contribution in [0.15, 0.2) is 22.7 Å². The van der Waals surface area contributed by atoms with Gasteiger partial charge in [0.15, 0.2) is 0 Å². The van der Waals surface area contributed by atoms with E-state index in [1.54, 1.807) is 7.11 Å². The molecule has 0 radical (unpaired) electrons. The van der Waals surface area contributed by atoms with Crippen LogP contribution in [0.5, 0.6) is 5.75 Å². The molecule has 3 nitrogen and oxygen atoms in total. The summed E-state index contributed by atoms with van der Waals surface area (Å²) in [5, 5.41) is 2.29. The topological polar surface area (TPSA) is 35.1 Å². The Morgan fingerprint density at radius 2 is 2.41 bits per heavy atom. The number of hydrogen-bond acceptors (Lipinski definition) is 2. The van der Waals surface area contributed by atoms with Crippen molar-refractivity contribution in [2.24, 2.45) is 0 Å². The van der Waals surface area contributed by atoms with Gasteiger partial charge in [0.1, 0.15) is 24.9 Å². The van der Waals surface area contributed by atoms with Gasteiger partial charge >= 0.3 is 0 Å². The number of rotatable bonds is 5. The van der Waals surface area contributed by atoms with Crippen molar-refractivity contribution in [1.82, 2.24) is 0 Å². The summed E-state index contributed by atoms with van der Waals surface area (Å²) in [5.41, 5.74) is 1.22. The predicted molar refractivity (Wildman–Crippen MR) is 70.2 cm³/mol. The van der Waals surface area contributed by atoms with E-state index in [2.05, 4.69) is 27.3 Å². The molecule has 0 aromatic heterocycles. The Bertz CT molecular complexity index is 364. The number of methoxy groups -OCH3 is 1. The minimum Gasteiger partial charge on any atom is -0.496 e. The summed E-state index contributed by atoms with van der Waals surface area (Å²) in [6, 6.07) is 6.12. The molecule has 2 rings (SSSR count). The summed E-state index contributed by atoms with van der Waals surface area (Å²) >= 11 is 3.49. The SMILES string of the molecule is COc1ccc(Br)cc1C[NH2+]C[C@H]1CCCO1. The molecule has 0 aliphatic carbocycles. The molecule has 1 heterocycles. The lowest BCUT2D eigenvalue weighted by molar-refractivity contribution is -0.676. The minimum absolute atomic E-state index is 0.438. The van der Waals surface area contributed by atoms with Gasteiger partial charge in [-0.3, -0.25) is 0 Å². The van der Waals surface area contributed by atoms with Gasteiger partial charge in [-0.2, -0.15) is 0 Å². The number of benzene rings is 1. The van der Waals surface area contributed by atoms with Crippen LogP contribution in [0.25, 0.3) is 0 Å². The summed E-state index contributed by atoms with van der Waals surface area (Å²) < 4.78 is 12.0. The zero-order valence-corrected chi connectivity index (χ0v) is 11.7. The van der Waals surface area contributed by atoms with Crippen LogP contribution < -0.4 is 10.1 Å². The normalized spacial score (nSPS) is 19.5. The van der Waals surface area contributed by atoms with E-state index < -0.39 is 0 Å². The third kappa shape index (κ3) is 3.69. The molecule has 0 bridgehead atoms.